The third kappa shape index (κ3) is 3.91. The zero-order valence-corrected chi connectivity index (χ0v) is 13.7. The van der Waals surface area contributed by atoms with Gasteiger partial charge in [0.15, 0.2) is 0 Å². The van der Waals surface area contributed by atoms with Crippen molar-refractivity contribution in [2.75, 3.05) is 52.5 Å². The van der Waals surface area contributed by atoms with E-state index in [1.165, 1.54) is 11.1 Å². The smallest absolute Gasteiger partial charge is 0.254 e. The Morgan fingerprint density at radius 2 is 2.04 bits per heavy atom. The summed E-state index contributed by atoms with van der Waals surface area (Å²) < 4.78 is 5.36. The summed E-state index contributed by atoms with van der Waals surface area (Å²) >= 11 is 0. The number of amides is 1. The zero-order chi connectivity index (χ0) is 16.1. The number of nitrogens with zero attached hydrogens (tertiary/aromatic N) is 2. The lowest BCUT2D eigenvalue weighted by Gasteiger charge is -2.30. The van der Waals surface area contributed by atoms with Crippen LogP contribution in [0.1, 0.15) is 27.9 Å². The lowest BCUT2D eigenvalue weighted by atomic mass is 10.0. The van der Waals surface area contributed by atoms with Crippen molar-refractivity contribution < 1.29 is 14.6 Å². The van der Waals surface area contributed by atoms with Crippen LogP contribution in [0.15, 0.2) is 18.2 Å². The molecule has 1 aromatic rings. The lowest BCUT2D eigenvalue weighted by Crippen LogP contribution is -2.44. The Morgan fingerprint density at radius 3 is 2.83 bits per heavy atom. The van der Waals surface area contributed by atoms with Gasteiger partial charge >= 0.3 is 0 Å². The number of hydrogen-bond donors (Lipinski definition) is 1. The molecule has 5 heteroatoms. The molecule has 1 aromatic carbocycles. The van der Waals surface area contributed by atoms with Crippen LogP contribution in [0.5, 0.6) is 0 Å². The van der Waals surface area contributed by atoms with Gasteiger partial charge in [-0.25, -0.2) is 0 Å². The van der Waals surface area contributed by atoms with Crippen molar-refractivity contribution in [1.82, 2.24) is 9.80 Å². The molecule has 1 aliphatic carbocycles. The number of aliphatic hydroxyl groups excluding tert-OH is 1. The molecular formula is C18H26N2O3. The molecule has 0 aromatic heterocycles. The van der Waals surface area contributed by atoms with Crippen LogP contribution in [0.2, 0.25) is 0 Å². The molecule has 1 heterocycles. The minimum atomic E-state index is 0.00384. The second-order valence-electron chi connectivity index (χ2n) is 6.27. The highest BCUT2D eigenvalue weighted by Gasteiger charge is 2.23. The first kappa shape index (κ1) is 16.4. The number of carbonyl (C=O) groups excluding carboxylic acids is 1. The van der Waals surface area contributed by atoms with E-state index in [4.69, 9.17) is 4.74 Å². The number of aliphatic hydroxyl groups is 1. The third-order valence-electron chi connectivity index (χ3n) is 4.82. The van der Waals surface area contributed by atoms with Gasteiger partial charge in [-0.05, 0) is 36.5 Å². The number of fused-ring (bicyclic) bond motifs is 1. The van der Waals surface area contributed by atoms with Crippen molar-refractivity contribution in [2.45, 2.75) is 19.3 Å². The van der Waals surface area contributed by atoms with E-state index < -0.39 is 0 Å². The fraction of sp³-hybridized carbons (Fsp3) is 0.611. The Morgan fingerprint density at radius 1 is 1.22 bits per heavy atom. The molecule has 0 unspecified atom stereocenters. The van der Waals surface area contributed by atoms with Gasteiger partial charge in [0.05, 0.1) is 19.8 Å². The van der Waals surface area contributed by atoms with Gasteiger partial charge in [-0.1, -0.05) is 12.1 Å². The minimum absolute atomic E-state index is 0.00384. The quantitative estimate of drug-likeness (QED) is 0.848. The number of rotatable bonds is 6. The summed E-state index contributed by atoms with van der Waals surface area (Å²) in [4.78, 5) is 17.0. The van der Waals surface area contributed by atoms with Gasteiger partial charge in [0.1, 0.15) is 0 Å². The predicted octanol–water partition coefficient (Wildman–Crippen LogP) is 0.942. The van der Waals surface area contributed by atoms with Gasteiger partial charge in [0.2, 0.25) is 0 Å². The van der Waals surface area contributed by atoms with E-state index >= 15 is 0 Å². The summed E-state index contributed by atoms with van der Waals surface area (Å²) in [5.74, 6) is 0.0612. The van der Waals surface area contributed by atoms with Crippen LogP contribution in [-0.4, -0.2) is 73.4 Å². The second kappa shape index (κ2) is 7.90. The molecule has 0 spiro atoms. The molecule has 2 aliphatic rings. The van der Waals surface area contributed by atoms with Crippen molar-refractivity contribution in [1.29, 1.82) is 0 Å². The molecule has 0 atom stereocenters. The molecule has 1 fully saturated rings. The molecule has 1 N–H and O–H groups in total. The van der Waals surface area contributed by atoms with Gasteiger partial charge in [-0.2, -0.15) is 0 Å². The summed E-state index contributed by atoms with van der Waals surface area (Å²) in [7, 11) is 0. The normalized spacial score (nSPS) is 18.0. The number of ether oxygens (including phenoxy) is 1. The average molecular weight is 318 g/mol. The molecule has 1 aliphatic heterocycles. The van der Waals surface area contributed by atoms with Crippen molar-refractivity contribution in [2.24, 2.45) is 0 Å². The third-order valence-corrected chi connectivity index (χ3v) is 4.82. The standard InChI is InChI=1S/C18H26N2O3/c21-12-9-20(8-7-19-10-13-23-14-11-19)18(22)17-6-2-4-15-3-1-5-16(15)17/h2,4,6,21H,1,3,5,7-14H2. The number of morpholine rings is 1. The van der Waals surface area contributed by atoms with Crippen molar-refractivity contribution in [3.05, 3.63) is 34.9 Å². The summed E-state index contributed by atoms with van der Waals surface area (Å²) in [5.41, 5.74) is 3.36. The maximum absolute atomic E-state index is 12.9. The molecule has 1 saturated heterocycles. The van der Waals surface area contributed by atoms with E-state index in [1.807, 2.05) is 12.1 Å². The van der Waals surface area contributed by atoms with Crippen LogP contribution >= 0.6 is 0 Å². The highest BCUT2D eigenvalue weighted by molar-refractivity contribution is 5.96. The molecule has 126 valence electrons. The SMILES string of the molecule is O=C(c1cccc2c1CCC2)N(CCO)CCN1CCOCC1. The van der Waals surface area contributed by atoms with E-state index in [0.29, 0.717) is 13.1 Å². The topological polar surface area (TPSA) is 53.0 Å². The number of carbonyl (C=O) groups is 1. The Kier molecular flexibility index (Phi) is 5.65. The number of aryl methyl sites for hydroxylation is 1. The van der Waals surface area contributed by atoms with Crippen LogP contribution in [-0.2, 0) is 17.6 Å². The van der Waals surface area contributed by atoms with E-state index in [2.05, 4.69) is 11.0 Å². The maximum atomic E-state index is 12.9. The first-order chi connectivity index (χ1) is 11.3. The Labute approximate surface area is 137 Å². The molecule has 1 amide bonds. The van der Waals surface area contributed by atoms with Crippen molar-refractivity contribution in [3.63, 3.8) is 0 Å². The Hall–Kier alpha value is -1.43. The van der Waals surface area contributed by atoms with Gasteiger partial charge in [-0.15, -0.1) is 0 Å². The first-order valence-electron chi connectivity index (χ1n) is 8.60. The summed E-state index contributed by atoms with van der Waals surface area (Å²) in [5, 5.41) is 9.34. The molecular weight excluding hydrogens is 292 g/mol. The van der Waals surface area contributed by atoms with E-state index in [9.17, 15) is 9.90 Å². The van der Waals surface area contributed by atoms with E-state index in [-0.39, 0.29) is 12.5 Å². The largest absolute Gasteiger partial charge is 0.395 e. The fourth-order valence-corrected chi connectivity index (χ4v) is 3.51. The maximum Gasteiger partial charge on any atom is 0.254 e. The molecule has 23 heavy (non-hydrogen) atoms. The lowest BCUT2D eigenvalue weighted by molar-refractivity contribution is 0.0315. The zero-order valence-electron chi connectivity index (χ0n) is 13.7. The predicted molar refractivity (Wildman–Crippen MR) is 88.7 cm³/mol. The monoisotopic (exact) mass is 318 g/mol. The first-order valence-corrected chi connectivity index (χ1v) is 8.60. The van der Waals surface area contributed by atoms with E-state index in [0.717, 1.165) is 57.7 Å². The highest BCUT2D eigenvalue weighted by atomic mass is 16.5. The molecule has 0 saturated carbocycles. The van der Waals surface area contributed by atoms with Gasteiger partial charge in [-0.3, -0.25) is 9.69 Å². The number of hydrogen-bond acceptors (Lipinski definition) is 4. The van der Waals surface area contributed by atoms with Crippen LogP contribution in [0.3, 0.4) is 0 Å². The van der Waals surface area contributed by atoms with Crippen LogP contribution < -0.4 is 0 Å². The van der Waals surface area contributed by atoms with Crippen LogP contribution in [0, 0.1) is 0 Å². The average Bonchev–Trinajstić information content (AvgIpc) is 3.07. The number of benzene rings is 1. The van der Waals surface area contributed by atoms with Crippen LogP contribution in [0.25, 0.3) is 0 Å². The molecule has 0 bridgehead atoms. The minimum Gasteiger partial charge on any atom is -0.395 e. The van der Waals surface area contributed by atoms with Gasteiger partial charge in [0.25, 0.3) is 5.91 Å². The van der Waals surface area contributed by atoms with Crippen molar-refractivity contribution in [3.8, 4) is 0 Å². The molecule has 5 nitrogen and oxygen atoms in total. The summed E-state index contributed by atoms with van der Waals surface area (Å²) in [6, 6.07) is 6.05. The summed E-state index contributed by atoms with van der Waals surface area (Å²) in [6.07, 6.45) is 3.20. The van der Waals surface area contributed by atoms with Gasteiger partial charge < -0.3 is 14.7 Å². The van der Waals surface area contributed by atoms with E-state index in [1.54, 1.807) is 4.90 Å². The van der Waals surface area contributed by atoms with Crippen molar-refractivity contribution >= 4 is 5.91 Å². The molecule has 3 rings (SSSR count). The second-order valence-corrected chi connectivity index (χ2v) is 6.27. The Balaban J connectivity index is 1.67. The van der Waals surface area contributed by atoms with Gasteiger partial charge in [0, 0.05) is 38.3 Å². The fourth-order valence-electron chi connectivity index (χ4n) is 3.51. The van der Waals surface area contributed by atoms with Crippen LogP contribution in [0.4, 0.5) is 0 Å². The highest BCUT2D eigenvalue weighted by Crippen LogP contribution is 2.26. The Bertz CT molecular complexity index is 541. The molecule has 0 radical (unpaired) electrons. The summed E-state index contributed by atoms with van der Waals surface area (Å²) in [6.45, 7) is 5.26.